The van der Waals surface area contributed by atoms with Crippen LogP contribution in [-0.2, 0) is 9.47 Å². The summed E-state index contributed by atoms with van der Waals surface area (Å²) in [4.78, 5) is 32.6. The zero-order valence-corrected chi connectivity index (χ0v) is 17.4. The van der Waals surface area contributed by atoms with Gasteiger partial charge in [0.25, 0.3) is 0 Å². The maximum atomic E-state index is 12.6. The molecule has 1 aliphatic heterocycles. The van der Waals surface area contributed by atoms with Gasteiger partial charge in [-0.1, -0.05) is 6.07 Å². The maximum Gasteiger partial charge on any atom is 0.415 e. The van der Waals surface area contributed by atoms with Crippen LogP contribution in [-0.4, -0.2) is 46.9 Å². The lowest BCUT2D eigenvalue weighted by atomic mass is 10.1. The molecule has 1 saturated heterocycles. The molecule has 0 aromatic carbocycles. The number of likely N-dealkylation sites (tertiary alicyclic amines) is 1. The summed E-state index contributed by atoms with van der Waals surface area (Å²) in [6, 6.07) is 3.53. The Bertz CT molecular complexity index is 691. The number of pyridine rings is 1. The number of hydrogen-bond acceptors (Lipinski definition) is 5. The molecule has 0 spiro atoms. The fourth-order valence-electron chi connectivity index (χ4n) is 3.00. The molecule has 0 aliphatic carbocycles. The number of anilines is 1. The Morgan fingerprint density at radius 1 is 1.15 bits per heavy atom. The fraction of sp³-hybridized carbons (Fsp3) is 0.650. The van der Waals surface area contributed by atoms with Gasteiger partial charge in [0.2, 0.25) is 0 Å². The molecule has 0 bridgehead atoms. The zero-order chi connectivity index (χ0) is 20.4. The Morgan fingerprint density at radius 2 is 1.78 bits per heavy atom. The number of aromatic nitrogens is 1. The third-order valence-electron chi connectivity index (χ3n) is 4.04. The second-order valence-corrected chi connectivity index (χ2v) is 8.79. The van der Waals surface area contributed by atoms with E-state index in [9.17, 15) is 9.59 Å². The molecule has 1 fully saturated rings. The minimum atomic E-state index is -0.601. The van der Waals surface area contributed by atoms with Crippen molar-refractivity contribution in [1.82, 2.24) is 9.88 Å². The van der Waals surface area contributed by atoms with E-state index in [0.717, 1.165) is 18.4 Å². The largest absolute Gasteiger partial charge is 0.444 e. The number of rotatable bonds is 2. The van der Waals surface area contributed by atoms with Crippen molar-refractivity contribution in [3.8, 4) is 0 Å². The van der Waals surface area contributed by atoms with Gasteiger partial charge < -0.3 is 14.4 Å². The SMILES string of the molecule is CN(C(=O)OC(C)(C)C)c1ncccc1[C@H]1CCCN1C(=O)OC(C)(C)C. The molecular formula is C20H31N3O4. The van der Waals surface area contributed by atoms with E-state index in [4.69, 9.17) is 9.47 Å². The minimum Gasteiger partial charge on any atom is -0.444 e. The van der Waals surface area contributed by atoms with Crippen LogP contribution in [0.15, 0.2) is 18.3 Å². The Morgan fingerprint density at radius 3 is 2.37 bits per heavy atom. The van der Waals surface area contributed by atoms with Gasteiger partial charge in [-0.25, -0.2) is 14.6 Å². The van der Waals surface area contributed by atoms with E-state index < -0.39 is 17.3 Å². The van der Waals surface area contributed by atoms with Gasteiger partial charge in [0.1, 0.15) is 17.0 Å². The van der Waals surface area contributed by atoms with E-state index >= 15 is 0 Å². The van der Waals surface area contributed by atoms with Gasteiger partial charge >= 0.3 is 12.2 Å². The maximum absolute atomic E-state index is 12.6. The normalized spacial score (nSPS) is 17.6. The highest BCUT2D eigenvalue weighted by Crippen LogP contribution is 2.37. The Balaban J connectivity index is 2.28. The lowest BCUT2D eigenvalue weighted by Gasteiger charge is -2.31. The van der Waals surface area contributed by atoms with Crippen LogP contribution in [0.1, 0.15) is 66.0 Å². The first-order valence-electron chi connectivity index (χ1n) is 9.30. The quantitative estimate of drug-likeness (QED) is 0.757. The summed E-state index contributed by atoms with van der Waals surface area (Å²) >= 11 is 0. The van der Waals surface area contributed by atoms with Gasteiger partial charge in [0.05, 0.1) is 6.04 Å². The summed E-state index contributed by atoms with van der Waals surface area (Å²) in [7, 11) is 1.63. The first-order chi connectivity index (χ1) is 12.4. The highest BCUT2D eigenvalue weighted by Gasteiger charge is 2.36. The molecule has 1 atom stereocenters. The van der Waals surface area contributed by atoms with Gasteiger partial charge in [0, 0.05) is 25.4 Å². The van der Waals surface area contributed by atoms with Crippen LogP contribution in [0.2, 0.25) is 0 Å². The van der Waals surface area contributed by atoms with Gasteiger partial charge in [-0.15, -0.1) is 0 Å². The van der Waals surface area contributed by atoms with Crippen molar-refractivity contribution in [2.75, 3.05) is 18.5 Å². The van der Waals surface area contributed by atoms with E-state index in [1.54, 1.807) is 18.1 Å². The molecule has 2 amide bonds. The van der Waals surface area contributed by atoms with Crippen LogP contribution in [0.3, 0.4) is 0 Å². The molecule has 7 nitrogen and oxygen atoms in total. The molecule has 2 rings (SSSR count). The lowest BCUT2D eigenvalue weighted by molar-refractivity contribution is 0.0225. The van der Waals surface area contributed by atoms with Crippen molar-refractivity contribution in [3.05, 3.63) is 23.9 Å². The van der Waals surface area contributed by atoms with Gasteiger partial charge in [-0.3, -0.25) is 4.90 Å². The third kappa shape index (κ3) is 5.58. The van der Waals surface area contributed by atoms with E-state index in [1.807, 2.05) is 53.7 Å². The molecule has 2 heterocycles. The average molecular weight is 377 g/mol. The summed E-state index contributed by atoms with van der Waals surface area (Å²) in [5, 5.41) is 0. The summed E-state index contributed by atoms with van der Waals surface area (Å²) in [6.45, 7) is 11.6. The fourth-order valence-corrected chi connectivity index (χ4v) is 3.00. The van der Waals surface area contributed by atoms with Crippen molar-refractivity contribution in [3.63, 3.8) is 0 Å². The van der Waals surface area contributed by atoms with E-state index in [1.165, 1.54) is 4.90 Å². The van der Waals surface area contributed by atoms with Crippen molar-refractivity contribution in [2.45, 2.75) is 71.6 Å². The van der Waals surface area contributed by atoms with Crippen LogP contribution in [0, 0.1) is 0 Å². The van der Waals surface area contributed by atoms with Gasteiger partial charge in [0.15, 0.2) is 0 Å². The molecular weight excluding hydrogens is 346 g/mol. The summed E-state index contributed by atoms with van der Waals surface area (Å²) in [5.74, 6) is 0.493. The molecule has 1 aromatic rings. The second-order valence-electron chi connectivity index (χ2n) is 8.79. The highest BCUT2D eigenvalue weighted by atomic mass is 16.6. The highest BCUT2D eigenvalue weighted by molar-refractivity contribution is 5.87. The Kier molecular flexibility index (Phi) is 6.02. The molecule has 150 valence electrons. The van der Waals surface area contributed by atoms with Crippen LogP contribution < -0.4 is 4.90 Å². The number of carbonyl (C=O) groups excluding carboxylic acids is 2. The minimum absolute atomic E-state index is 0.187. The summed E-state index contributed by atoms with van der Waals surface area (Å²) < 4.78 is 11.0. The number of amides is 2. The van der Waals surface area contributed by atoms with Crippen LogP contribution >= 0.6 is 0 Å². The van der Waals surface area contributed by atoms with Crippen molar-refractivity contribution < 1.29 is 19.1 Å². The predicted octanol–water partition coefficient (Wildman–Crippen LogP) is 4.52. The number of nitrogens with zero attached hydrogens (tertiary/aromatic N) is 3. The van der Waals surface area contributed by atoms with Crippen LogP contribution in [0.5, 0.6) is 0 Å². The third-order valence-corrected chi connectivity index (χ3v) is 4.04. The van der Waals surface area contributed by atoms with Crippen molar-refractivity contribution >= 4 is 18.0 Å². The molecule has 0 radical (unpaired) electrons. The Labute approximate surface area is 161 Å². The first-order valence-corrected chi connectivity index (χ1v) is 9.30. The van der Waals surface area contributed by atoms with Crippen molar-refractivity contribution in [2.24, 2.45) is 0 Å². The van der Waals surface area contributed by atoms with Gasteiger partial charge in [-0.05, 0) is 60.5 Å². The molecule has 7 heteroatoms. The number of carbonyl (C=O) groups is 2. The molecule has 1 aromatic heterocycles. The topological polar surface area (TPSA) is 72.0 Å². The monoisotopic (exact) mass is 377 g/mol. The van der Waals surface area contributed by atoms with Crippen molar-refractivity contribution in [1.29, 1.82) is 0 Å². The number of ether oxygens (including phenoxy) is 2. The first kappa shape index (κ1) is 21.0. The molecule has 0 unspecified atom stereocenters. The zero-order valence-electron chi connectivity index (χ0n) is 17.4. The molecule has 1 aliphatic rings. The second kappa shape index (κ2) is 7.74. The lowest BCUT2D eigenvalue weighted by Crippen LogP contribution is -2.38. The number of hydrogen-bond donors (Lipinski definition) is 0. The van der Waals surface area contributed by atoms with E-state index in [0.29, 0.717) is 12.4 Å². The van der Waals surface area contributed by atoms with Crippen LogP contribution in [0.25, 0.3) is 0 Å². The predicted molar refractivity (Wildman–Crippen MR) is 104 cm³/mol. The van der Waals surface area contributed by atoms with Crippen LogP contribution in [0.4, 0.5) is 15.4 Å². The molecule has 27 heavy (non-hydrogen) atoms. The summed E-state index contributed by atoms with van der Waals surface area (Å²) in [5.41, 5.74) is -0.347. The molecule has 0 N–H and O–H groups in total. The smallest absolute Gasteiger partial charge is 0.415 e. The summed E-state index contributed by atoms with van der Waals surface area (Å²) in [6.07, 6.45) is 2.46. The van der Waals surface area contributed by atoms with Gasteiger partial charge in [-0.2, -0.15) is 0 Å². The van der Waals surface area contributed by atoms with E-state index in [2.05, 4.69) is 4.98 Å². The Hall–Kier alpha value is -2.31. The van der Waals surface area contributed by atoms with E-state index in [-0.39, 0.29) is 12.1 Å². The standard InChI is InChI=1S/C20H31N3O4/c1-19(2,3)26-17(24)22(7)16-14(10-8-12-21-16)15-11-9-13-23(15)18(25)27-20(4,5)6/h8,10,12,15H,9,11,13H2,1-7H3/t15-/m1/s1. The molecule has 0 saturated carbocycles. The average Bonchev–Trinajstić information content (AvgIpc) is 3.00.